The minimum atomic E-state index is -0.110. The van der Waals surface area contributed by atoms with Crippen LogP contribution in [0.15, 0.2) is 28.8 Å². The van der Waals surface area contributed by atoms with Crippen LogP contribution in [0.25, 0.3) is 0 Å². The van der Waals surface area contributed by atoms with Crippen LogP contribution < -0.4 is 10.6 Å². The Kier molecular flexibility index (Phi) is 5.82. The Balaban J connectivity index is 1.30. The summed E-state index contributed by atoms with van der Waals surface area (Å²) in [5.74, 6) is 2.13. The quantitative estimate of drug-likeness (QED) is 0.844. The molecule has 4 rings (SSSR count). The molecule has 1 unspecified atom stereocenters. The second-order valence-electron chi connectivity index (χ2n) is 7.73. The van der Waals surface area contributed by atoms with Crippen LogP contribution in [0.4, 0.5) is 0 Å². The van der Waals surface area contributed by atoms with E-state index in [1.807, 2.05) is 12.1 Å². The molecule has 6 heteroatoms. The van der Waals surface area contributed by atoms with E-state index in [0.717, 1.165) is 31.8 Å². The van der Waals surface area contributed by atoms with E-state index in [4.69, 9.17) is 4.52 Å². The standard InChI is InChI=1S/C21H28N4O2/c26-21(17-10-8-15(9-11-17)18-7-4-12-22-13-18)23-14-19-24-20(25-27-19)16-5-2-1-3-6-16/h8-11,16,18,22H,1-7,12-14H2,(H,23,26). The van der Waals surface area contributed by atoms with Crippen LogP contribution >= 0.6 is 0 Å². The van der Waals surface area contributed by atoms with Gasteiger partial charge in [-0.25, -0.2) is 0 Å². The average Bonchev–Trinajstić information content (AvgIpc) is 3.22. The molecule has 0 bridgehead atoms. The summed E-state index contributed by atoms with van der Waals surface area (Å²) < 4.78 is 5.32. The number of aromatic nitrogens is 2. The molecule has 2 fully saturated rings. The minimum Gasteiger partial charge on any atom is -0.343 e. The predicted octanol–water partition coefficient (Wildman–Crippen LogP) is 3.51. The Morgan fingerprint density at radius 2 is 1.85 bits per heavy atom. The highest BCUT2D eigenvalue weighted by Gasteiger charge is 2.21. The summed E-state index contributed by atoms with van der Waals surface area (Å²) in [6.45, 7) is 2.40. The number of nitrogens with zero attached hydrogens (tertiary/aromatic N) is 2. The summed E-state index contributed by atoms with van der Waals surface area (Å²) in [6, 6.07) is 7.95. The number of hydrogen-bond donors (Lipinski definition) is 2. The maximum Gasteiger partial charge on any atom is 0.251 e. The van der Waals surface area contributed by atoms with Gasteiger partial charge in [-0.3, -0.25) is 4.79 Å². The predicted molar refractivity (Wildman–Crippen MR) is 103 cm³/mol. The van der Waals surface area contributed by atoms with E-state index < -0.39 is 0 Å². The molecule has 1 aromatic carbocycles. The number of amides is 1. The first kappa shape index (κ1) is 18.2. The SMILES string of the molecule is O=C(NCc1nc(C2CCCCC2)no1)c1ccc(C2CCCNC2)cc1. The molecule has 1 aromatic heterocycles. The molecule has 1 saturated heterocycles. The van der Waals surface area contributed by atoms with Crippen molar-refractivity contribution in [3.63, 3.8) is 0 Å². The number of carbonyl (C=O) groups is 1. The van der Waals surface area contributed by atoms with Crippen molar-refractivity contribution in [2.75, 3.05) is 13.1 Å². The molecule has 0 radical (unpaired) electrons. The van der Waals surface area contributed by atoms with E-state index >= 15 is 0 Å². The van der Waals surface area contributed by atoms with Crippen molar-refractivity contribution >= 4 is 5.91 Å². The molecule has 1 aliphatic carbocycles. The van der Waals surface area contributed by atoms with Gasteiger partial charge in [0.2, 0.25) is 5.89 Å². The van der Waals surface area contributed by atoms with Crippen LogP contribution in [0.2, 0.25) is 0 Å². The zero-order valence-electron chi connectivity index (χ0n) is 15.7. The Bertz CT molecular complexity index is 744. The molecule has 1 amide bonds. The molecular formula is C21H28N4O2. The van der Waals surface area contributed by atoms with Crippen molar-refractivity contribution in [2.45, 2.75) is 63.3 Å². The fraction of sp³-hybridized carbons (Fsp3) is 0.571. The minimum absolute atomic E-state index is 0.110. The molecule has 2 N–H and O–H groups in total. The fourth-order valence-corrected chi connectivity index (χ4v) is 4.17. The van der Waals surface area contributed by atoms with Gasteiger partial charge < -0.3 is 15.2 Å². The van der Waals surface area contributed by atoms with Crippen molar-refractivity contribution < 1.29 is 9.32 Å². The van der Waals surface area contributed by atoms with E-state index in [-0.39, 0.29) is 12.5 Å². The van der Waals surface area contributed by atoms with Crippen LogP contribution in [0.1, 0.15) is 84.4 Å². The van der Waals surface area contributed by atoms with Gasteiger partial charge in [0.05, 0.1) is 6.54 Å². The topological polar surface area (TPSA) is 80.1 Å². The molecule has 1 saturated carbocycles. The summed E-state index contributed by atoms with van der Waals surface area (Å²) in [6.07, 6.45) is 8.45. The third-order valence-corrected chi connectivity index (χ3v) is 5.80. The van der Waals surface area contributed by atoms with Crippen LogP contribution in [0, 0.1) is 0 Å². The third-order valence-electron chi connectivity index (χ3n) is 5.80. The lowest BCUT2D eigenvalue weighted by molar-refractivity contribution is 0.0946. The number of nitrogens with one attached hydrogen (secondary N) is 2. The molecule has 2 aliphatic rings. The number of piperidine rings is 1. The average molecular weight is 368 g/mol. The molecule has 2 aromatic rings. The second-order valence-corrected chi connectivity index (χ2v) is 7.73. The van der Waals surface area contributed by atoms with Crippen LogP contribution in [0.3, 0.4) is 0 Å². The van der Waals surface area contributed by atoms with E-state index in [0.29, 0.717) is 23.3 Å². The van der Waals surface area contributed by atoms with Crippen molar-refractivity contribution in [3.8, 4) is 0 Å². The smallest absolute Gasteiger partial charge is 0.251 e. The summed E-state index contributed by atoms with van der Waals surface area (Å²) in [5, 5.41) is 10.4. The number of rotatable bonds is 5. The highest BCUT2D eigenvalue weighted by atomic mass is 16.5. The maximum absolute atomic E-state index is 12.4. The fourth-order valence-electron chi connectivity index (χ4n) is 4.17. The zero-order valence-corrected chi connectivity index (χ0v) is 15.7. The summed E-state index contributed by atoms with van der Waals surface area (Å²) >= 11 is 0. The van der Waals surface area contributed by atoms with E-state index in [2.05, 4.69) is 32.9 Å². The van der Waals surface area contributed by atoms with E-state index in [9.17, 15) is 4.79 Å². The van der Waals surface area contributed by atoms with Gasteiger partial charge in [0, 0.05) is 18.0 Å². The Labute approximate surface area is 160 Å². The van der Waals surface area contributed by atoms with Gasteiger partial charge in [0.1, 0.15) is 0 Å². The second kappa shape index (κ2) is 8.65. The van der Waals surface area contributed by atoms with Gasteiger partial charge in [-0.05, 0) is 55.8 Å². The Morgan fingerprint density at radius 1 is 1.07 bits per heavy atom. The highest BCUT2D eigenvalue weighted by molar-refractivity contribution is 5.94. The summed E-state index contributed by atoms with van der Waals surface area (Å²) in [7, 11) is 0. The number of carbonyl (C=O) groups excluding carboxylic acids is 1. The van der Waals surface area contributed by atoms with E-state index in [1.54, 1.807) is 0 Å². The molecular weight excluding hydrogens is 340 g/mol. The molecule has 6 nitrogen and oxygen atoms in total. The molecule has 1 aliphatic heterocycles. The van der Waals surface area contributed by atoms with Gasteiger partial charge in [-0.1, -0.05) is 36.6 Å². The van der Waals surface area contributed by atoms with E-state index in [1.165, 1.54) is 37.7 Å². The highest BCUT2D eigenvalue weighted by Crippen LogP contribution is 2.30. The lowest BCUT2D eigenvalue weighted by atomic mass is 9.89. The molecule has 144 valence electrons. The van der Waals surface area contributed by atoms with Crippen molar-refractivity contribution in [2.24, 2.45) is 0 Å². The van der Waals surface area contributed by atoms with Gasteiger partial charge >= 0.3 is 0 Å². The molecule has 2 heterocycles. The number of benzene rings is 1. The molecule has 27 heavy (non-hydrogen) atoms. The first-order valence-electron chi connectivity index (χ1n) is 10.2. The largest absolute Gasteiger partial charge is 0.343 e. The van der Waals surface area contributed by atoms with Crippen molar-refractivity contribution in [3.05, 3.63) is 47.1 Å². The lowest BCUT2D eigenvalue weighted by Gasteiger charge is -2.23. The number of hydrogen-bond acceptors (Lipinski definition) is 5. The lowest BCUT2D eigenvalue weighted by Crippen LogP contribution is -2.28. The monoisotopic (exact) mass is 368 g/mol. The van der Waals surface area contributed by atoms with Crippen LogP contribution in [-0.2, 0) is 6.54 Å². The van der Waals surface area contributed by atoms with Crippen molar-refractivity contribution in [1.82, 2.24) is 20.8 Å². The maximum atomic E-state index is 12.4. The third kappa shape index (κ3) is 4.56. The first-order valence-corrected chi connectivity index (χ1v) is 10.2. The van der Waals surface area contributed by atoms with Crippen molar-refractivity contribution in [1.29, 1.82) is 0 Å². The van der Waals surface area contributed by atoms with Gasteiger partial charge in [0.15, 0.2) is 5.82 Å². The van der Waals surface area contributed by atoms with Gasteiger partial charge in [-0.2, -0.15) is 4.98 Å². The first-order chi connectivity index (χ1) is 13.3. The molecule has 0 spiro atoms. The Hall–Kier alpha value is -2.21. The zero-order chi connectivity index (χ0) is 18.5. The normalized spacial score (nSPS) is 21.1. The van der Waals surface area contributed by atoms with Gasteiger partial charge in [-0.15, -0.1) is 0 Å². The molecule has 1 atom stereocenters. The summed E-state index contributed by atoms with van der Waals surface area (Å²) in [5.41, 5.74) is 1.96. The Morgan fingerprint density at radius 3 is 2.59 bits per heavy atom. The van der Waals surface area contributed by atoms with Gasteiger partial charge in [0.25, 0.3) is 5.91 Å². The van der Waals surface area contributed by atoms with Crippen LogP contribution in [0.5, 0.6) is 0 Å². The summed E-state index contributed by atoms with van der Waals surface area (Å²) in [4.78, 5) is 16.9. The van der Waals surface area contributed by atoms with Crippen LogP contribution in [-0.4, -0.2) is 29.1 Å².